The van der Waals surface area contributed by atoms with Crippen LogP contribution in [0.3, 0.4) is 0 Å². The van der Waals surface area contributed by atoms with Gasteiger partial charge in [0, 0.05) is 17.7 Å². The minimum atomic E-state index is -0.240. The molecule has 1 aliphatic rings. The summed E-state index contributed by atoms with van der Waals surface area (Å²) in [6.45, 7) is 2.97. The number of hydrogen-bond acceptors (Lipinski definition) is 4. The van der Waals surface area contributed by atoms with Crippen molar-refractivity contribution in [2.24, 2.45) is 0 Å². The van der Waals surface area contributed by atoms with E-state index in [1.807, 2.05) is 11.8 Å². The molecule has 1 aliphatic heterocycles. The first kappa shape index (κ1) is 16.4. The molecular weight excluding hydrogens is 310 g/mol. The van der Waals surface area contributed by atoms with Gasteiger partial charge in [0.2, 0.25) is 5.91 Å². The van der Waals surface area contributed by atoms with Crippen LogP contribution >= 0.6 is 11.3 Å². The van der Waals surface area contributed by atoms with E-state index in [4.69, 9.17) is 4.74 Å². The molecular formula is C18H23NO3S. The minimum absolute atomic E-state index is 0.0304. The fourth-order valence-corrected chi connectivity index (χ4v) is 4.07. The van der Waals surface area contributed by atoms with Crippen LogP contribution in [0.2, 0.25) is 0 Å². The zero-order chi connectivity index (χ0) is 16.2. The fraction of sp³-hybridized carbons (Fsp3) is 0.500. The number of ether oxygens (including phenoxy) is 1. The van der Waals surface area contributed by atoms with Gasteiger partial charge in [0.05, 0.1) is 25.4 Å². The van der Waals surface area contributed by atoms with E-state index in [1.165, 1.54) is 15.6 Å². The molecule has 1 amide bonds. The summed E-state index contributed by atoms with van der Waals surface area (Å²) in [5.41, 5.74) is 1.33. The predicted molar refractivity (Wildman–Crippen MR) is 92.8 cm³/mol. The van der Waals surface area contributed by atoms with Crippen LogP contribution in [0.25, 0.3) is 10.1 Å². The third kappa shape index (κ3) is 3.74. The van der Waals surface area contributed by atoms with Crippen molar-refractivity contribution in [3.8, 4) is 0 Å². The maximum Gasteiger partial charge on any atom is 0.222 e. The van der Waals surface area contributed by atoms with Gasteiger partial charge >= 0.3 is 0 Å². The Bertz CT molecular complexity index is 669. The first-order valence-electron chi connectivity index (χ1n) is 8.16. The zero-order valence-corrected chi connectivity index (χ0v) is 14.2. The Morgan fingerprint density at radius 2 is 2.26 bits per heavy atom. The summed E-state index contributed by atoms with van der Waals surface area (Å²) in [6, 6.07) is 8.50. The summed E-state index contributed by atoms with van der Waals surface area (Å²) in [7, 11) is 0. The maximum absolute atomic E-state index is 12.5. The molecule has 124 valence electrons. The molecule has 1 N–H and O–H groups in total. The second-order valence-electron chi connectivity index (χ2n) is 6.14. The van der Waals surface area contributed by atoms with Crippen LogP contribution in [0, 0.1) is 0 Å². The molecule has 1 saturated heterocycles. The number of amides is 1. The summed E-state index contributed by atoms with van der Waals surface area (Å²) >= 11 is 1.76. The lowest BCUT2D eigenvalue weighted by atomic mass is 10.1. The summed E-state index contributed by atoms with van der Waals surface area (Å²) in [6.07, 6.45) is 2.09. The van der Waals surface area contributed by atoms with Crippen molar-refractivity contribution in [2.75, 3.05) is 19.8 Å². The topological polar surface area (TPSA) is 49.8 Å². The van der Waals surface area contributed by atoms with Crippen LogP contribution in [0.1, 0.15) is 25.3 Å². The molecule has 1 aromatic carbocycles. The molecule has 3 rings (SSSR count). The Balaban J connectivity index is 1.54. The quantitative estimate of drug-likeness (QED) is 0.915. The fourth-order valence-electron chi connectivity index (χ4n) is 3.08. The van der Waals surface area contributed by atoms with Crippen molar-refractivity contribution >= 4 is 27.3 Å². The highest BCUT2D eigenvalue weighted by Gasteiger charge is 2.28. The molecule has 23 heavy (non-hydrogen) atoms. The highest BCUT2D eigenvalue weighted by molar-refractivity contribution is 7.17. The van der Waals surface area contributed by atoms with Gasteiger partial charge in [-0.2, -0.15) is 0 Å². The molecule has 2 atom stereocenters. The maximum atomic E-state index is 12.5. The van der Waals surface area contributed by atoms with E-state index in [2.05, 4.69) is 29.6 Å². The van der Waals surface area contributed by atoms with Crippen LogP contribution in [0.4, 0.5) is 0 Å². The predicted octanol–water partition coefficient (Wildman–Crippen LogP) is 2.83. The van der Waals surface area contributed by atoms with Crippen LogP contribution in [0.15, 0.2) is 29.6 Å². The lowest BCUT2D eigenvalue weighted by molar-refractivity contribution is -0.146. The van der Waals surface area contributed by atoms with Crippen molar-refractivity contribution in [1.82, 2.24) is 4.90 Å². The number of fused-ring (bicyclic) bond motifs is 1. The van der Waals surface area contributed by atoms with Crippen molar-refractivity contribution in [2.45, 2.75) is 38.3 Å². The number of carbonyl (C=O) groups is 1. The SMILES string of the molecule is CC1COC(CO)CN1C(=O)CCCc1csc2ccccc12. The van der Waals surface area contributed by atoms with E-state index >= 15 is 0 Å². The van der Waals surface area contributed by atoms with Crippen molar-refractivity contribution in [1.29, 1.82) is 0 Å². The molecule has 0 radical (unpaired) electrons. The Hall–Kier alpha value is -1.43. The summed E-state index contributed by atoms with van der Waals surface area (Å²) in [5.74, 6) is 0.166. The number of carbonyl (C=O) groups excluding carboxylic acids is 1. The molecule has 2 heterocycles. The number of thiophene rings is 1. The molecule has 5 heteroatoms. The molecule has 2 unspecified atom stereocenters. The third-order valence-electron chi connectivity index (χ3n) is 4.43. The monoisotopic (exact) mass is 333 g/mol. The second-order valence-corrected chi connectivity index (χ2v) is 7.05. The number of hydrogen-bond donors (Lipinski definition) is 1. The van der Waals surface area contributed by atoms with E-state index in [-0.39, 0.29) is 24.7 Å². The number of aryl methyl sites for hydroxylation is 1. The molecule has 0 saturated carbocycles. The number of morpholine rings is 1. The van der Waals surface area contributed by atoms with Gasteiger partial charge in [-0.05, 0) is 42.2 Å². The van der Waals surface area contributed by atoms with Gasteiger partial charge in [-0.1, -0.05) is 18.2 Å². The van der Waals surface area contributed by atoms with E-state index in [1.54, 1.807) is 11.3 Å². The first-order valence-corrected chi connectivity index (χ1v) is 9.04. The van der Waals surface area contributed by atoms with Crippen LogP contribution in [0.5, 0.6) is 0 Å². The van der Waals surface area contributed by atoms with Crippen molar-refractivity contribution in [3.05, 3.63) is 35.2 Å². The van der Waals surface area contributed by atoms with Gasteiger partial charge in [0.1, 0.15) is 0 Å². The van der Waals surface area contributed by atoms with Gasteiger partial charge in [0.25, 0.3) is 0 Å². The average Bonchev–Trinajstić information content (AvgIpc) is 2.98. The smallest absolute Gasteiger partial charge is 0.222 e. The third-order valence-corrected chi connectivity index (χ3v) is 5.44. The largest absolute Gasteiger partial charge is 0.394 e. The standard InChI is InChI=1S/C18H23NO3S/c1-13-11-22-15(10-20)9-19(13)18(21)8-4-5-14-12-23-17-7-3-2-6-16(14)17/h2-3,6-7,12-13,15,20H,4-5,8-11H2,1H3. The van der Waals surface area contributed by atoms with E-state index in [0.717, 1.165) is 12.8 Å². The number of aliphatic hydroxyl groups is 1. The Kier molecular flexibility index (Phi) is 5.30. The van der Waals surface area contributed by atoms with Crippen molar-refractivity contribution < 1.29 is 14.6 Å². The minimum Gasteiger partial charge on any atom is -0.394 e. The highest BCUT2D eigenvalue weighted by Crippen LogP contribution is 2.27. The molecule has 4 nitrogen and oxygen atoms in total. The van der Waals surface area contributed by atoms with Crippen LogP contribution < -0.4 is 0 Å². The summed E-state index contributed by atoms with van der Waals surface area (Å²) < 4.78 is 6.80. The van der Waals surface area contributed by atoms with E-state index in [9.17, 15) is 9.90 Å². The molecule has 0 bridgehead atoms. The number of aliphatic hydroxyl groups excluding tert-OH is 1. The van der Waals surface area contributed by atoms with Crippen molar-refractivity contribution in [3.63, 3.8) is 0 Å². The average molecular weight is 333 g/mol. The van der Waals surface area contributed by atoms with Gasteiger partial charge in [-0.25, -0.2) is 0 Å². The van der Waals surface area contributed by atoms with Gasteiger partial charge in [-0.15, -0.1) is 11.3 Å². The summed E-state index contributed by atoms with van der Waals surface area (Å²) in [5, 5.41) is 12.7. The van der Waals surface area contributed by atoms with Gasteiger partial charge in [-0.3, -0.25) is 4.79 Å². The zero-order valence-electron chi connectivity index (χ0n) is 13.4. The Morgan fingerprint density at radius 1 is 1.43 bits per heavy atom. The normalized spacial score (nSPS) is 21.7. The molecule has 2 aromatic rings. The first-order chi connectivity index (χ1) is 11.2. The van der Waals surface area contributed by atoms with E-state index < -0.39 is 0 Å². The van der Waals surface area contributed by atoms with E-state index in [0.29, 0.717) is 19.6 Å². The molecule has 1 fully saturated rings. The van der Waals surface area contributed by atoms with Crippen LogP contribution in [-0.4, -0.2) is 47.8 Å². The number of nitrogens with zero attached hydrogens (tertiary/aromatic N) is 1. The molecule has 0 aliphatic carbocycles. The molecule has 0 spiro atoms. The summed E-state index contributed by atoms with van der Waals surface area (Å²) in [4.78, 5) is 14.3. The Morgan fingerprint density at radius 3 is 3.09 bits per heavy atom. The number of benzene rings is 1. The van der Waals surface area contributed by atoms with Gasteiger partial charge < -0.3 is 14.7 Å². The lowest BCUT2D eigenvalue weighted by Gasteiger charge is -2.37. The van der Waals surface area contributed by atoms with Crippen LogP contribution in [-0.2, 0) is 16.0 Å². The number of rotatable bonds is 5. The molecule has 1 aromatic heterocycles. The second kappa shape index (κ2) is 7.43. The Labute approximate surface area is 140 Å². The lowest BCUT2D eigenvalue weighted by Crippen LogP contribution is -2.52. The van der Waals surface area contributed by atoms with Gasteiger partial charge in [0.15, 0.2) is 0 Å². The highest BCUT2D eigenvalue weighted by atomic mass is 32.1.